The Kier molecular flexibility index (Phi) is 13.5. The van der Waals surface area contributed by atoms with Gasteiger partial charge in [-0.2, -0.15) is 0 Å². The average molecular weight is 873 g/mol. The first kappa shape index (κ1) is 43.8. The van der Waals surface area contributed by atoms with Gasteiger partial charge >= 0.3 is 17.9 Å². The zero-order valence-electron chi connectivity index (χ0n) is 36.4. The van der Waals surface area contributed by atoms with Crippen molar-refractivity contribution in [3.8, 4) is 0 Å². The van der Waals surface area contributed by atoms with Crippen LogP contribution in [0.1, 0.15) is 52.6 Å². The molecular formula is C51H60N4O9. The van der Waals surface area contributed by atoms with Gasteiger partial charge < -0.3 is 49.4 Å². The number of nitrogens with zero attached hydrogens (tertiary/aromatic N) is 1. The Morgan fingerprint density at radius 3 is 1.09 bits per heavy atom. The predicted molar refractivity (Wildman–Crippen MR) is 244 cm³/mol. The van der Waals surface area contributed by atoms with Crippen molar-refractivity contribution in [1.29, 1.82) is 0 Å². The minimum Gasteiger partial charge on any atom is -0.481 e. The summed E-state index contributed by atoms with van der Waals surface area (Å²) in [4.78, 5) is 39.5. The molecule has 64 heavy (non-hydrogen) atoms. The first-order valence-corrected chi connectivity index (χ1v) is 23.2. The number of carboxylic acids is 3. The smallest absolute Gasteiger partial charge is 0.307 e. The van der Waals surface area contributed by atoms with Crippen molar-refractivity contribution in [2.45, 2.75) is 57.8 Å². The summed E-state index contributed by atoms with van der Waals surface area (Å²) in [5.41, 5.74) is 8.55. The van der Waals surface area contributed by atoms with E-state index in [2.05, 4.69) is 39.0 Å². The van der Waals surface area contributed by atoms with Crippen LogP contribution in [-0.4, -0.2) is 97.0 Å². The van der Waals surface area contributed by atoms with Crippen molar-refractivity contribution >= 4 is 50.8 Å². The van der Waals surface area contributed by atoms with Crippen molar-refractivity contribution < 1.29 is 43.0 Å². The van der Waals surface area contributed by atoms with Gasteiger partial charge in [-0.15, -0.1) is 0 Å². The molecule has 6 heterocycles. The van der Waals surface area contributed by atoms with Crippen LogP contribution in [0.25, 0.3) is 32.9 Å². The van der Waals surface area contributed by atoms with Crippen LogP contribution in [0.5, 0.6) is 0 Å². The van der Waals surface area contributed by atoms with E-state index >= 15 is 0 Å². The molecule has 0 amide bonds. The Morgan fingerprint density at radius 1 is 0.516 bits per heavy atom. The van der Waals surface area contributed by atoms with Crippen LogP contribution >= 0.6 is 0 Å². The van der Waals surface area contributed by atoms with Gasteiger partial charge in [-0.3, -0.25) is 14.4 Å². The number of carbonyl (C=O) groups is 3. The van der Waals surface area contributed by atoms with Crippen LogP contribution in [0.15, 0.2) is 86.6 Å². The van der Waals surface area contributed by atoms with E-state index in [1.807, 2.05) is 55.2 Å². The molecule has 9 rings (SSSR count). The number of hydrogen-bond donors (Lipinski definition) is 6. The topological polar surface area (TPSA) is 191 Å². The van der Waals surface area contributed by atoms with Crippen molar-refractivity contribution in [3.63, 3.8) is 0 Å². The van der Waals surface area contributed by atoms with E-state index in [4.69, 9.17) is 13.3 Å². The second-order valence-corrected chi connectivity index (χ2v) is 18.6. The zero-order chi connectivity index (χ0) is 44.2. The third-order valence-electron chi connectivity index (χ3n) is 14.6. The fourth-order valence-electron chi connectivity index (χ4n) is 10.7. The highest BCUT2D eigenvalue weighted by Crippen LogP contribution is 2.32. The Morgan fingerprint density at radius 2 is 0.828 bits per heavy atom. The largest absolute Gasteiger partial charge is 0.481 e. The maximum atomic E-state index is 12.3. The van der Waals surface area contributed by atoms with Gasteiger partial charge in [-0.1, -0.05) is 18.2 Å². The molecule has 0 aliphatic carbocycles. The molecule has 6 aromatic rings. The average Bonchev–Trinajstić information content (AvgIpc) is 4.16. The first-order valence-electron chi connectivity index (χ1n) is 23.2. The number of benzene rings is 3. The Labute approximate surface area is 372 Å². The lowest BCUT2D eigenvalue weighted by Crippen LogP contribution is -2.30. The molecule has 0 spiro atoms. The van der Waals surface area contributed by atoms with Crippen molar-refractivity contribution in [2.75, 3.05) is 58.9 Å². The molecule has 3 aliphatic heterocycles. The summed E-state index contributed by atoms with van der Waals surface area (Å²) >= 11 is 0. The molecule has 13 nitrogen and oxygen atoms in total. The van der Waals surface area contributed by atoms with Gasteiger partial charge in [0.25, 0.3) is 0 Å². The van der Waals surface area contributed by atoms with E-state index in [9.17, 15) is 29.7 Å². The van der Waals surface area contributed by atoms with Gasteiger partial charge in [0, 0.05) is 35.8 Å². The number of carboxylic acid groups (broad SMARTS) is 3. The van der Waals surface area contributed by atoms with Gasteiger partial charge in [0.15, 0.2) is 0 Å². The van der Waals surface area contributed by atoms with E-state index in [0.717, 1.165) is 164 Å². The maximum absolute atomic E-state index is 12.3. The maximum Gasteiger partial charge on any atom is 0.307 e. The van der Waals surface area contributed by atoms with Crippen LogP contribution in [0.3, 0.4) is 0 Å². The molecular weight excluding hydrogens is 813 g/mol. The first-order chi connectivity index (χ1) is 31.2. The van der Waals surface area contributed by atoms with E-state index in [-0.39, 0.29) is 17.8 Å². The van der Waals surface area contributed by atoms with Crippen molar-refractivity contribution in [3.05, 3.63) is 107 Å². The number of hydrogen-bond acceptors (Lipinski definition) is 10. The van der Waals surface area contributed by atoms with Gasteiger partial charge in [0.2, 0.25) is 0 Å². The highest BCUT2D eigenvalue weighted by molar-refractivity contribution is 5.84. The van der Waals surface area contributed by atoms with Crippen LogP contribution in [-0.2, 0) is 52.9 Å². The lowest BCUT2D eigenvalue weighted by Gasteiger charge is -2.22. The number of fused-ring (bicyclic) bond motifs is 3. The fourth-order valence-corrected chi connectivity index (χ4v) is 10.7. The SMILES string of the molecule is O=C(O)C(Cc1ccc2occ(CCN(CCc3coc4ccc(CC(C(=O)O)C5CCNC5)cc34)CCc3coc4ccc(CC(C(=O)O)C5CCNC5)cc34)c2c1)C1CCNC1. The summed E-state index contributed by atoms with van der Waals surface area (Å²) in [7, 11) is 0. The molecule has 6 N–H and O–H groups in total. The van der Waals surface area contributed by atoms with Crippen molar-refractivity contribution in [2.24, 2.45) is 35.5 Å². The molecule has 3 aromatic carbocycles. The summed E-state index contributed by atoms with van der Waals surface area (Å²) < 4.78 is 18.1. The molecule has 0 radical (unpaired) electrons. The van der Waals surface area contributed by atoms with E-state index in [1.165, 1.54) is 0 Å². The van der Waals surface area contributed by atoms with Crippen LogP contribution in [0.2, 0.25) is 0 Å². The summed E-state index contributed by atoms with van der Waals surface area (Å²) in [6.45, 7) is 6.93. The molecule has 0 saturated carbocycles. The standard InChI is InChI=1S/C51H60N4O9/c56-49(57)43(34-7-13-52-25-34)22-31-1-4-46-40(19-31)37(28-62-46)10-16-55(17-11-38-29-63-47-5-2-32(20-41(38)47)23-44(50(58)59)35-8-14-53-26-35)18-12-39-30-64-48-6-3-33(21-42(39)48)24-45(51(60)61)36-9-15-54-27-36/h1-6,19-21,28-30,34-36,43-45,52-54H,7-18,22-27H2,(H,56,57)(H,58,59)(H,60,61). The summed E-state index contributed by atoms with van der Waals surface area (Å²) in [6, 6.07) is 18.2. The molecule has 3 fully saturated rings. The fraction of sp³-hybridized carbons (Fsp3) is 0.471. The minimum atomic E-state index is -0.753. The van der Waals surface area contributed by atoms with Crippen LogP contribution in [0, 0.1) is 35.5 Å². The summed E-state index contributed by atoms with van der Waals surface area (Å²) in [5.74, 6) is -3.28. The molecule has 3 saturated heterocycles. The number of nitrogens with one attached hydrogen (secondary N) is 3. The number of aliphatic carboxylic acids is 3. The van der Waals surface area contributed by atoms with Crippen LogP contribution < -0.4 is 16.0 Å². The second kappa shape index (κ2) is 19.7. The minimum absolute atomic E-state index is 0.107. The molecule has 0 bridgehead atoms. The van der Waals surface area contributed by atoms with Crippen molar-refractivity contribution in [1.82, 2.24) is 20.9 Å². The highest BCUT2D eigenvalue weighted by Gasteiger charge is 2.33. The van der Waals surface area contributed by atoms with E-state index < -0.39 is 35.7 Å². The van der Waals surface area contributed by atoms with E-state index in [0.29, 0.717) is 19.3 Å². The predicted octanol–water partition coefficient (Wildman–Crippen LogP) is 6.81. The lowest BCUT2D eigenvalue weighted by atomic mass is 9.86. The molecule has 6 unspecified atom stereocenters. The van der Waals surface area contributed by atoms with Gasteiger partial charge in [-0.25, -0.2) is 0 Å². The Balaban J connectivity index is 0.939. The molecule has 3 aliphatic rings. The second-order valence-electron chi connectivity index (χ2n) is 18.6. The zero-order valence-corrected chi connectivity index (χ0v) is 36.4. The van der Waals surface area contributed by atoms with Crippen LogP contribution in [0.4, 0.5) is 0 Å². The van der Waals surface area contributed by atoms with Gasteiger partial charge in [-0.05, 0) is 185 Å². The summed E-state index contributed by atoms with van der Waals surface area (Å²) in [5, 5.41) is 43.4. The van der Waals surface area contributed by atoms with E-state index in [1.54, 1.807) is 0 Å². The third-order valence-corrected chi connectivity index (χ3v) is 14.6. The third kappa shape index (κ3) is 9.92. The molecule has 6 atom stereocenters. The van der Waals surface area contributed by atoms with Gasteiger partial charge in [0.05, 0.1) is 36.5 Å². The molecule has 3 aromatic heterocycles. The van der Waals surface area contributed by atoms with Gasteiger partial charge in [0.1, 0.15) is 16.7 Å². The monoisotopic (exact) mass is 872 g/mol. The quantitative estimate of drug-likeness (QED) is 0.0443. The Hall–Kier alpha value is -5.47. The molecule has 13 heteroatoms. The normalized spacial score (nSPS) is 20.5. The Bertz CT molecular complexity index is 2290. The molecule has 338 valence electrons. The number of furan rings is 3. The lowest BCUT2D eigenvalue weighted by molar-refractivity contribution is -0.144. The summed E-state index contributed by atoms with van der Waals surface area (Å²) in [6.07, 6.45) is 11.7. The number of rotatable bonds is 21. The highest BCUT2D eigenvalue weighted by atomic mass is 16.4.